The average molecular weight is 427 g/mol. The number of carbonyl (C=O) groups is 3. The van der Waals surface area contributed by atoms with Crippen molar-refractivity contribution in [3.63, 3.8) is 0 Å². The number of hydrogen-bond acceptors (Lipinski definition) is 7. The highest BCUT2D eigenvalue weighted by molar-refractivity contribution is 6.33. The van der Waals surface area contributed by atoms with Gasteiger partial charge in [-0.05, 0) is 18.9 Å². The zero-order valence-corrected chi connectivity index (χ0v) is 16.9. The number of nitro groups is 1. The Hall–Kier alpha value is -2.68. The lowest BCUT2D eigenvalue weighted by atomic mass is 9.94. The molecule has 1 aliphatic carbocycles. The predicted molar refractivity (Wildman–Crippen MR) is 104 cm³/mol. The first kappa shape index (κ1) is 22.6. The normalized spacial score (nSPS) is 14.1. The van der Waals surface area contributed by atoms with E-state index in [2.05, 4.69) is 0 Å². The molecule has 1 aromatic rings. The molecule has 0 saturated heterocycles. The van der Waals surface area contributed by atoms with Gasteiger partial charge in [-0.25, -0.2) is 0 Å². The Balaban J connectivity index is 2.08. The van der Waals surface area contributed by atoms with Crippen molar-refractivity contribution < 1.29 is 28.8 Å². The van der Waals surface area contributed by atoms with Gasteiger partial charge in [0.25, 0.3) is 11.6 Å². The number of ether oxygens (including phenoxy) is 2. The van der Waals surface area contributed by atoms with Crippen LogP contribution >= 0.6 is 11.6 Å². The summed E-state index contributed by atoms with van der Waals surface area (Å²) in [4.78, 5) is 46.8. The number of esters is 1. The molecule has 1 aromatic carbocycles. The van der Waals surface area contributed by atoms with E-state index >= 15 is 0 Å². The Morgan fingerprint density at radius 3 is 2.59 bits per heavy atom. The molecule has 2 rings (SSSR count). The molecule has 0 aliphatic heterocycles. The molecule has 1 fully saturated rings. The molecule has 10 heteroatoms. The number of aldehydes is 1. The van der Waals surface area contributed by atoms with E-state index in [1.807, 2.05) is 0 Å². The van der Waals surface area contributed by atoms with Gasteiger partial charge in [-0.15, -0.1) is 0 Å². The molecule has 0 N–H and O–H groups in total. The first-order valence-electron chi connectivity index (χ1n) is 9.32. The van der Waals surface area contributed by atoms with Gasteiger partial charge in [0.15, 0.2) is 12.9 Å². The van der Waals surface area contributed by atoms with Gasteiger partial charge in [-0.2, -0.15) is 0 Å². The van der Waals surface area contributed by atoms with Gasteiger partial charge in [0.05, 0.1) is 17.0 Å². The molecule has 0 bridgehead atoms. The summed E-state index contributed by atoms with van der Waals surface area (Å²) in [7, 11) is 0. The highest BCUT2D eigenvalue weighted by Crippen LogP contribution is 2.32. The summed E-state index contributed by atoms with van der Waals surface area (Å²) in [6, 6.07) is 2.42. The molecule has 29 heavy (non-hydrogen) atoms. The van der Waals surface area contributed by atoms with E-state index in [0.29, 0.717) is 6.29 Å². The number of amides is 1. The number of nitro benzene ring substituents is 1. The fourth-order valence-corrected chi connectivity index (χ4v) is 3.67. The van der Waals surface area contributed by atoms with E-state index in [-0.39, 0.29) is 48.0 Å². The summed E-state index contributed by atoms with van der Waals surface area (Å²) in [5, 5.41) is 10.8. The molecule has 0 atom stereocenters. The average Bonchev–Trinajstić information content (AvgIpc) is 2.69. The number of hydrogen-bond donors (Lipinski definition) is 0. The Labute approximate surface area is 173 Å². The first-order valence-corrected chi connectivity index (χ1v) is 9.70. The van der Waals surface area contributed by atoms with E-state index in [4.69, 9.17) is 21.1 Å². The largest absolute Gasteiger partial charge is 0.484 e. The second kappa shape index (κ2) is 10.8. The zero-order valence-electron chi connectivity index (χ0n) is 16.1. The van der Waals surface area contributed by atoms with E-state index < -0.39 is 16.6 Å². The van der Waals surface area contributed by atoms with Gasteiger partial charge in [0.1, 0.15) is 17.4 Å². The number of benzene rings is 1. The Morgan fingerprint density at radius 2 is 2.00 bits per heavy atom. The Morgan fingerprint density at radius 1 is 1.31 bits per heavy atom. The lowest BCUT2D eigenvalue weighted by molar-refractivity contribution is -0.384. The van der Waals surface area contributed by atoms with Crippen molar-refractivity contribution in [2.75, 3.05) is 19.8 Å². The lowest BCUT2D eigenvalue weighted by Crippen LogP contribution is -2.45. The van der Waals surface area contributed by atoms with Gasteiger partial charge in [0, 0.05) is 19.0 Å². The molecule has 9 nitrogen and oxygen atoms in total. The summed E-state index contributed by atoms with van der Waals surface area (Å²) in [5.74, 6) is -0.634. The lowest BCUT2D eigenvalue weighted by Gasteiger charge is -2.34. The van der Waals surface area contributed by atoms with Crippen molar-refractivity contribution in [3.05, 3.63) is 32.8 Å². The van der Waals surface area contributed by atoms with Crippen LogP contribution in [0.25, 0.3) is 0 Å². The molecule has 1 saturated carbocycles. The highest BCUT2D eigenvalue weighted by atomic mass is 35.5. The third kappa shape index (κ3) is 6.42. The maximum absolute atomic E-state index is 12.8. The van der Waals surface area contributed by atoms with Gasteiger partial charge in [0.2, 0.25) is 0 Å². The molecule has 0 heterocycles. The number of nitrogens with zero attached hydrogens (tertiary/aromatic N) is 2. The monoisotopic (exact) mass is 426 g/mol. The van der Waals surface area contributed by atoms with Crippen molar-refractivity contribution in [1.29, 1.82) is 0 Å². The van der Waals surface area contributed by atoms with Crippen LogP contribution in [0.4, 0.5) is 5.69 Å². The van der Waals surface area contributed by atoms with E-state index in [0.717, 1.165) is 32.1 Å². The summed E-state index contributed by atoms with van der Waals surface area (Å²) in [6.07, 6.45) is 5.20. The molecule has 0 aromatic heterocycles. The predicted octanol–water partition coefficient (Wildman–Crippen LogP) is 3.16. The van der Waals surface area contributed by atoms with Crippen molar-refractivity contribution in [2.45, 2.75) is 45.1 Å². The Bertz CT molecular complexity index is 778. The molecule has 158 valence electrons. The maximum Gasteiger partial charge on any atom is 0.302 e. The van der Waals surface area contributed by atoms with Crippen LogP contribution in [0, 0.1) is 10.1 Å². The van der Waals surface area contributed by atoms with E-state index in [1.165, 1.54) is 19.1 Å². The molecule has 0 radical (unpaired) electrons. The summed E-state index contributed by atoms with van der Waals surface area (Å²) >= 11 is 5.88. The van der Waals surface area contributed by atoms with Crippen LogP contribution in [0.15, 0.2) is 12.1 Å². The van der Waals surface area contributed by atoms with Crippen LogP contribution in [0.5, 0.6) is 5.75 Å². The van der Waals surface area contributed by atoms with Crippen LogP contribution in [0.2, 0.25) is 5.02 Å². The smallest absolute Gasteiger partial charge is 0.302 e. The van der Waals surface area contributed by atoms with Gasteiger partial charge < -0.3 is 14.4 Å². The van der Waals surface area contributed by atoms with Crippen LogP contribution in [0.3, 0.4) is 0 Å². The minimum absolute atomic E-state index is 0.0430. The number of rotatable bonds is 9. The minimum Gasteiger partial charge on any atom is -0.484 e. The number of carbonyl (C=O) groups excluding carboxylic acids is 3. The van der Waals surface area contributed by atoms with Crippen LogP contribution in [-0.2, 0) is 14.3 Å². The number of halogens is 1. The quantitative estimate of drug-likeness (QED) is 0.257. The van der Waals surface area contributed by atoms with Crippen molar-refractivity contribution in [2.24, 2.45) is 0 Å². The van der Waals surface area contributed by atoms with Crippen molar-refractivity contribution in [3.8, 4) is 5.75 Å². The molecule has 0 unspecified atom stereocenters. The third-order valence-corrected chi connectivity index (χ3v) is 5.00. The summed E-state index contributed by atoms with van der Waals surface area (Å²) in [6.45, 7) is 1.32. The van der Waals surface area contributed by atoms with E-state index in [9.17, 15) is 24.5 Å². The van der Waals surface area contributed by atoms with E-state index in [1.54, 1.807) is 4.90 Å². The molecule has 1 aliphatic rings. The zero-order chi connectivity index (χ0) is 21.4. The Kier molecular flexibility index (Phi) is 8.38. The third-order valence-electron chi connectivity index (χ3n) is 4.71. The van der Waals surface area contributed by atoms with Crippen LogP contribution in [-0.4, -0.2) is 53.8 Å². The summed E-state index contributed by atoms with van der Waals surface area (Å²) in [5.41, 5.74) is -0.741. The van der Waals surface area contributed by atoms with Gasteiger partial charge in [-0.3, -0.25) is 24.5 Å². The second-order valence-corrected chi connectivity index (χ2v) is 7.13. The maximum atomic E-state index is 12.8. The fourth-order valence-electron chi connectivity index (χ4n) is 3.38. The fraction of sp³-hybridized carbons (Fsp3) is 0.526. The van der Waals surface area contributed by atoms with Crippen molar-refractivity contribution in [1.82, 2.24) is 4.90 Å². The highest BCUT2D eigenvalue weighted by Gasteiger charge is 2.26. The SMILES string of the molecule is CC(=O)OCCN(C(=O)COc1cc(Cl)c([N+](=O)[O-])c(C=O)c1)C1CCCCC1. The standard InChI is InChI=1S/C19H23ClN2O7/c1-13(24)28-8-7-21(15-5-3-2-4-6-15)18(25)12-29-16-9-14(11-23)19(22(26)27)17(20)10-16/h9-11,15H,2-8,12H2,1H3. The van der Waals surface area contributed by atoms with Crippen molar-refractivity contribution >= 4 is 35.5 Å². The first-order chi connectivity index (χ1) is 13.8. The van der Waals surface area contributed by atoms with Gasteiger partial charge >= 0.3 is 5.97 Å². The van der Waals surface area contributed by atoms with Gasteiger partial charge in [-0.1, -0.05) is 30.9 Å². The van der Waals surface area contributed by atoms with Crippen LogP contribution < -0.4 is 4.74 Å². The second-order valence-electron chi connectivity index (χ2n) is 6.73. The molecule has 1 amide bonds. The minimum atomic E-state index is -0.749. The molecular formula is C19H23ClN2O7. The topological polar surface area (TPSA) is 116 Å². The molecule has 0 spiro atoms. The summed E-state index contributed by atoms with van der Waals surface area (Å²) < 4.78 is 10.4. The van der Waals surface area contributed by atoms with Crippen LogP contribution in [0.1, 0.15) is 49.4 Å². The molecular weight excluding hydrogens is 404 g/mol.